The number of hydrogen-bond acceptors (Lipinski definition) is 2. The van der Waals surface area contributed by atoms with Gasteiger partial charge in [0.1, 0.15) is 5.69 Å². The molecule has 3 N–H and O–H groups in total. The fraction of sp³-hybridized carbons (Fsp3) is 0.360. The quantitative estimate of drug-likeness (QED) is 0.497. The maximum absolute atomic E-state index is 12.9. The highest BCUT2D eigenvalue weighted by Crippen LogP contribution is 2.39. The number of alkyl halides is 3. The summed E-state index contributed by atoms with van der Waals surface area (Å²) in [6.07, 6.45) is -1.31. The molecule has 1 saturated carbocycles. The van der Waals surface area contributed by atoms with Crippen molar-refractivity contribution in [1.29, 1.82) is 0 Å². The van der Waals surface area contributed by atoms with Gasteiger partial charge in [0.05, 0.1) is 5.56 Å². The Balaban J connectivity index is 1.37. The van der Waals surface area contributed by atoms with Gasteiger partial charge in [-0.2, -0.15) is 13.2 Å². The average Bonchev–Trinajstić information content (AvgIpc) is 3.26. The number of aromatic nitrogens is 1. The van der Waals surface area contributed by atoms with Crippen LogP contribution < -0.4 is 10.6 Å². The summed E-state index contributed by atoms with van der Waals surface area (Å²) in [7, 11) is 1.59. The molecule has 33 heavy (non-hydrogen) atoms. The van der Waals surface area contributed by atoms with Crippen LogP contribution >= 0.6 is 0 Å². The third-order valence-corrected chi connectivity index (χ3v) is 6.43. The Kier molecular flexibility index (Phi) is 6.44. The highest BCUT2D eigenvalue weighted by atomic mass is 19.4. The Morgan fingerprint density at radius 3 is 2.45 bits per heavy atom. The molecule has 1 aliphatic rings. The number of halogens is 3. The average molecular weight is 457 g/mol. The van der Waals surface area contributed by atoms with E-state index in [-0.39, 0.29) is 30.2 Å². The van der Waals surface area contributed by atoms with Crippen LogP contribution in [0.25, 0.3) is 10.9 Å². The highest BCUT2D eigenvalue weighted by Gasteiger charge is 2.31. The summed E-state index contributed by atoms with van der Waals surface area (Å²) in [5.74, 6) is -0.153. The Morgan fingerprint density at radius 1 is 1.03 bits per heavy atom. The summed E-state index contributed by atoms with van der Waals surface area (Å²) in [4.78, 5) is 27.8. The van der Waals surface area contributed by atoms with Crippen LogP contribution in [0.5, 0.6) is 0 Å². The number of aromatic amines is 1. The van der Waals surface area contributed by atoms with Crippen molar-refractivity contribution in [2.24, 2.45) is 5.92 Å². The molecule has 2 aromatic carbocycles. The second kappa shape index (κ2) is 9.29. The minimum absolute atomic E-state index is 0.0770. The normalized spacial score (nSPS) is 18.8. The molecular weight excluding hydrogens is 431 g/mol. The fourth-order valence-electron chi connectivity index (χ4n) is 4.65. The molecule has 1 aromatic heterocycles. The maximum Gasteiger partial charge on any atom is 0.416 e. The zero-order chi connectivity index (χ0) is 23.6. The maximum atomic E-state index is 12.9. The largest absolute Gasteiger partial charge is 0.416 e. The fourth-order valence-corrected chi connectivity index (χ4v) is 4.65. The van der Waals surface area contributed by atoms with Crippen LogP contribution in [-0.4, -0.2) is 23.8 Å². The lowest BCUT2D eigenvalue weighted by molar-refractivity contribution is -0.137. The van der Waals surface area contributed by atoms with E-state index in [0.717, 1.165) is 35.9 Å². The molecule has 8 heteroatoms. The molecule has 1 heterocycles. The van der Waals surface area contributed by atoms with Crippen molar-refractivity contribution >= 4 is 22.7 Å². The van der Waals surface area contributed by atoms with Gasteiger partial charge in [0, 0.05) is 30.4 Å². The van der Waals surface area contributed by atoms with Gasteiger partial charge in [0.15, 0.2) is 0 Å². The first-order valence-electron chi connectivity index (χ1n) is 11.0. The van der Waals surface area contributed by atoms with E-state index in [0.29, 0.717) is 24.1 Å². The molecule has 0 radical (unpaired) electrons. The smallest absolute Gasteiger partial charge is 0.354 e. The molecule has 0 bridgehead atoms. The van der Waals surface area contributed by atoms with E-state index < -0.39 is 11.7 Å². The summed E-state index contributed by atoms with van der Waals surface area (Å²) in [6.45, 7) is 0.0770. The van der Waals surface area contributed by atoms with E-state index in [4.69, 9.17) is 0 Å². The van der Waals surface area contributed by atoms with E-state index in [1.165, 1.54) is 11.6 Å². The van der Waals surface area contributed by atoms with Crippen LogP contribution in [0.1, 0.15) is 58.8 Å². The minimum Gasteiger partial charge on any atom is -0.354 e. The van der Waals surface area contributed by atoms with Gasteiger partial charge in [0.25, 0.3) is 5.91 Å². The molecule has 3 aromatic rings. The van der Waals surface area contributed by atoms with Crippen molar-refractivity contribution < 1.29 is 22.8 Å². The monoisotopic (exact) mass is 457 g/mol. The molecule has 0 spiro atoms. The van der Waals surface area contributed by atoms with Gasteiger partial charge in [-0.1, -0.05) is 24.3 Å². The summed E-state index contributed by atoms with van der Waals surface area (Å²) in [6, 6.07) is 12.9. The third-order valence-electron chi connectivity index (χ3n) is 6.43. The van der Waals surface area contributed by atoms with Crippen molar-refractivity contribution in [1.82, 2.24) is 15.6 Å². The van der Waals surface area contributed by atoms with Gasteiger partial charge >= 0.3 is 6.18 Å². The molecule has 1 aliphatic carbocycles. The van der Waals surface area contributed by atoms with Crippen LogP contribution in [-0.2, 0) is 17.5 Å². The zero-order valence-corrected chi connectivity index (χ0v) is 18.3. The predicted molar refractivity (Wildman–Crippen MR) is 120 cm³/mol. The summed E-state index contributed by atoms with van der Waals surface area (Å²) >= 11 is 0. The van der Waals surface area contributed by atoms with Gasteiger partial charge in [-0.15, -0.1) is 0 Å². The molecule has 2 amide bonds. The van der Waals surface area contributed by atoms with Gasteiger partial charge in [0.2, 0.25) is 5.91 Å². The standard InChI is InChI=1S/C25H26F3N3O2/c1-29-24(33)22-13-20-19(6-3-7-21(20)31-22)16-8-10-17(11-9-16)23(32)30-14-15-4-2-5-18(12-15)25(26,27)28/h2-7,12-13,16-17,31H,8-11,14H2,1H3,(H,29,33)(H,30,32). The van der Waals surface area contributed by atoms with Crippen LogP contribution in [0.4, 0.5) is 13.2 Å². The van der Waals surface area contributed by atoms with Crippen molar-refractivity contribution in [3.8, 4) is 0 Å². The van der Waals surface area contributed by atoms with Gasteiger partial charge in [-0.25, -0.2) is 0 Å². The van der Waals surface area contributed by atoms with Gasteiger partial charge < -0.3 is 15.6 Å². The molecule has 0 aliphatic heterocycles. The number of rotatable bonds is 5. The van der Waals surface area contributed by atoms with E-state index in [1.807, 2.05) is 18.2 Å². The minimum atomic E-state index is -4.40. The number of carbonyl (C=O) groups is 2. The molecule has 0 saturated heterocycles. The van der Waals surface area contributed by atoms with Crippen LogP contribution in [0.15, 0.2) is 48.5 Å². The number of H-pyrrole nitrogens is 1. The highest BCUT2D eigenvalue weighted by molar-refractivity contribution is 5.98. The van der Waals surface area contributed by atoms with E-state index in [9.17, 15) is 22.8 Å². The van der Waals surface area contributed by atoms with E-state index in [1.54, 1.807) is 13.1 Å². The molecule has 0 atom stereocenters. The lowest BCUT2D eigenvalue weighted by atomic mass is 9.77. The topological polar surface area (TPSA) is 74.0 Å². The number of hydrogen-bond donors (Lipinski definition) is 3. The number of nitrogens with one attached hydrogen (secondary N) is 3. The van der Waals surface area contributed by atoms with Gasteiger partial charge in [-0.05, 0) is 67.0 Å². The summed E-state index contributed by atoms with van der Waals surface area (Å²) in [5.41, 5.74) is 2.31. The van der Waals surface area contributed by atoms with Crippen molar-refractivity contribution in [3.63, 3.8) is 0 Å². The first-order chi connectivity index (χ1) is 15.8. The van der Waals surface area contributed by atoms with Crippen molar-refractivity contribution in [2.45, 2.75) is 44.3 Å². The molecule has 4 rings (SSSR count). The first-order valence-corrected chi connectivity index (χ1v) is 11.0. The van der Waals surface area contributed by atoms with Crippen LogP contribution in [0, 0.1) is 5.92 Å². The number of amides is 2. The molecule has 5 nitrogen and oxygen atoms in total. The van der Waals surface area contributed by atoms with E-state index >= 15 is 0 Å². The molecular formula is C25H26F3N3O2. The van der Waals surface area contributed by atoms with Crippen molar-refractivity contribution in [3.05, 3.63) is 70.9 Å². The second-order valence-corrected chi connectivity index (χ2v) is 8.54. The van der Waals surface area contributed by atoms with Crippen LogP contribution in [0.2, 0.25) is 0 Å². The summed E-state index contributed by atoms with van der Waals surface area (Å²) in [5, 5.41) is 6.44. The lowest BCUT2D eigenvalue weighted by Gasteiger charge is -2.28. The van der Waals surface area contributed by atoms with Gasteiger partial charge in [-0.3, -0.25) is 9.59 Å². The number of carbonyl (C=O) groups excluding carboxylic acids is 2. The first kappa shape index (κ1) is 22.9. The Hall–Kier alpha value is -3.29. The molecule has 174 valence electrons. The van der Waals surface area contributed by atoms with Crippen LogP contribution in [0.3, 0.4) is 0 Å². The Labute approximate surface area is 189 Å². The van der Waals surface area contributed by atoms with E-state index in [2.05, 4.69) is 21.7 Å². The zero-order valence-electron chi connectivity index (χ0n) is 18.3. The summed E-state index contributed by atoms with van der Waals surface area (Å²) < 4.78 is 38.6. The SMILES string of the molecule is CNC(=O)c1cc2c(C3CCC(C(=O)NCc4cccc(C(F)(F)F)c4)CC3)cccc2[nH]1. The van der Waals surface area contributed by atoms with Crippen molar-refractivity contribution in [2.75, 3.05) is 7.05 Å². The second-order valence-electron chi connectivity index (χ2n) is 8.54. The molecule has 1 fully saturated rings. The lowest BCUT2D eigenvalue weighted by Crippen LogP contribution is -2.32. The Morgan fingerprint density at radius 2 is 1.76 bits per heavy atom. The number of fused-ring (bicyclic) bond motifs is 1. The predicted octanol–water partition coefficient (Wildman–Crippen LogP) is 5.14. The third kappa shape index (κ3) is 5.05. The molecule has 0 unspecified atom stereocenters. The Bertz CT molecular complexity index is 1160. The number of benzene rings is 2.